The summed E-state index contributed by atoms with van der Waals surface area (Å²) in [6.45, 7) is 3.48. The number of anilines is 1. The average Bonchev–Trinajstić information content (AvgIpc) is 3.60. The molecule has 2 aliphatic heterocycles. The number of nitrogens with one attached hydrogen (secondary N) is 1. The lowest BCUT2D eigenvalue weighted by Gasteiger charge is -2.49. The van der Waals surface area contributed by atoms with Crippen molar-refractivity contribution in [2.24, 2.45) is 5.16 Å². The van der Waals surface area contributed by atoms with Crippen molar-refractivity contribution < 1.29 is 34.5 Å². The summed E-state index contributed by atoms with van der Waals surface area (Å²) in [4.78, 5) is 53.6. The second kappa shape index (κ2) is 12.2. The zero-order valence-electron chi connectivity index (χ0n) is 22.0. The quantitative estimate of drug-likeness (QED) is 0.0709. The first kappa shape index (κ1) is 29.7. The molecule has 2 amide bonds. The van der Waals surface area contributed by atoms with Gasteiger partial charge in [0.2, 0.25) is 0 Å². The van der Waals surface area contributed by atoms with Crippen molar-refractivity contribution in [2.45, 2.75) is 35.7 Å². The lowest BCUT2D eigenvalue weighted by atomic mass is 10.0. The molecule has 2 aromatic heterocycles. The molecule has 2 atom stereocenters. The number of amides is 2. The van der Waals surface area contributed by atoms with Crippen molar-refractivity contribution >= 4 is 74.8 Å². The van der Waals surface area contributed by atoms with E-state index in [1.54, 1.807) is 30.7 Å². The van der Waals surface area contributed by atoms with Crippen molar-refractivity contribution in [3.63, 3.8) is 0 Å². The first-order chi connectivity index (χ1) is 20.0. The van der Waals surface area contributed by atoms with Crippen LogP contribution in [0.5, 0.6) is 11.5 Å². The molecule has 0 spiro atoms. The number of hydrogen-bond donors (Lipinski definition) is 5. The van der Waals surface area contributed by atoms with Gasteiger partial charge in [-0.3, -0.25) is 14.5 Å². The third-order valence-corrected chi connectivity index (χ3v) is 10.1. The number of carboxylic acids is 1. The van der Waals surface area contributed by atoms with Crippen LogP contribution in [0.25, 0.3) is 11.3 Å². The van der Waals surface area contributed by atoms with Gasteiger partial charge in [-0.1, -0.05) is 16.9 Å². The number of carbonyl (C=O) groups excluding carboxylic acids is 2. The fraction of sp³-hybridized carbons (Fsp3) is 0.280. The molecule has 1 aromatic carbocycles. The van der Waals surface area contributed by atoms with E-state index in [2.05, 4.69) is 20.4 Å². The average molecular weight is 649 g/mol. The van der Waals surface area contributed by atoms with Crippen molar-refractivity contribution in [2.75, 3.05) is 17.2 Å². The van der Waals surface area contributed by atoms with Crippen molar-refractivity contribution in [3.05, 3.63) is 45.9 Å². The monoisotopic (exact) mass is 648 g/mol. The molecular weight excluding hydrogens is 625 g/mol. The lowest BCUT2D eigenvalue weighted by molar-refractivity contribution is -0.150. The molecule has 2 aliphatic rings. The molecule has 42 heavy (non-hydrogen) atoms. The van der Waals surface area contributed by atoms with Crippen LogP contribution in [-0.2, 0) is 19.2 Å². The number of phenolic OH excluding ortho intramolecular Hbond substituents is 2. The van der Waals surface area contributed by atoms with Crippen molar-refractivity contribution in [1.29, 1.82) is 0 Å². The minimum Gasteiger partial charge on any atom is -0.504 e. The number of phenols is 2. The van der Waals surface area contributed by atoms with Gasteiger partial charge in [-0.05, 0) is 37.6 Å². The van der Waals surface area contributed by atoms with Gasteiger partial charge in [-0.25, -0.2) is 14.8 Å². The highest BCUT2D eigenvalue weighted by atomic mass is 32.2. The summed E-state index contributed by atoms with van der Waals surface area (Å²) in [6.07, 6.45) is -0.310. The van der Waals surface area contributed by atoms with Gasteiger partial charge >= 0.3 is 5.97 Å². The minimum atomic E-state index is -1.24. The number of carboxylic acid groups (broad SMARTS) is 1. The number of oxime groups is 1. The zero-order chi connectivity index (χ0) is 30.1. The molecule has 5 rings (SSSR count). The molecule has 0 unspecified atom stereocenters. The Bertz CT molecular complexity index is 1620. The maximum absolute atomic E-state index is 13.1. The largest absolute Gasteiger partial charge is 0.504 e. The summed E-state index contributed by atoms with van der Waals surface area (Å²) in [5.41, 5.74) is 7.44. The van der Waals surface area contributed by atoms with Crippen LogP contribution in [0.15, 0.2) is 49.7 Å². The number of fused-ring (bicyclic) bond motifs is 1. The summed E-state index contributed by atoms with van der Waals surface area (Å²) < 4.78 is 0.667. The van der Waals surface area contributed by atoms with E-state index in [-0.39, 0.29) is 45.6 Å². The van der Waals surface area contributed by atoms with E-state index in [0.29, 0.717) is 26.9 Å². The number of carbonyl (C=O) groups is 3. The Kier molecular flexibility index (Phi) is 8.63. The van der Waals surface area contributed by atoms with E-state index in [0.717, 1.165) is 11.3 Å². The molecule has 220 valence electrons. The smallest absolute Gasteiger partial charge is 0.352 e. The second-order valence-electron chi connectivity index (χ2n) is 9.27. The first-order valence-corrected chi connectivity index (χ1v) is 16.1. The molecule has 4 heterocycles. The third-order valence-electron chi connectivity index (χ3n) is 6.00. The van der Waals surface area contributed by atoms with Crippen LogP contribution in [-0.4, -0.2) is 82.7 Å². The van der Waals surface area contributed by atoms with Crippen LogP contribution in [0.2, 0.25) is 0 Å². The number of aromatic hydroxyl groups is 2. The van der Waals surface area contributed by atoms with Gasteiger partial charge < -0.3 is 31.2 Å². The summed E-state index contributed by atoms with van der Waals surface area (Å²) in [6, 6.07) is 3.45. The molecule has 1 fully saturated rings. The van der Waals surface area contributed by atoms with E-state index in [4.69, 9.17) is 10.6 Å². The normalized spacial score (nSPS) is 18.6. The Labute approximate surface area is 255 Å². The van der Waals surface area contributed by atoms with Crippen LogP contribution in [0.4, 0.5) is 5.13 Å². The molecule has 3 aromatic rings. The van der Waals surface area contributed by atoms with Crippen molar-refractivity contribution in [1.82, 2.24) is 20.2 Å². The third kappa shape index (κ3) is 6.04. The van der Waals surface area contributed by atoms with Crippen LogP contribution < -0.4 is 11.1 Å². The molecule has 13 nitrogen and oxygen atoms in total. The number of rotatable bonds is 10. The molecule has 0 saturated carbocycles. The SMILES string of the molecule is CC(C)ON=C(C(=O)N[C@@H]1C(=O)N2C(C(=O)O)=C(CSc3nc(-c4ccc(O)c(O)c4)cs3)CS[C@H]12)c1csc(N)n1. The first-order valence-electron chi connectivity index (χ1n) is 12.3. The number of β-lactam (4-membered cyclic amide) rings is 1. The van der Waals surface area contributed by atoms with Crippen LogP contribution in [0.3, 0.4) is 0 Å². The Morgan fingerprint density at radius 1 is 1.24 bits per heavy atom. The maximum atomic E-state index is 13.1. The predicted molar refractivity (Wildman–Crippen MR) is 161 cm³/mol. The van der Waals surface area contributed by atoms with Gasteiger partial charge in [-0.2, -0.15) is 0 Å². The molecule has 0 bridgehead atoms. The van der Waals surface area contributed by atoms with Gasteiger partial charge in [0.15, 0.2) is 26.7 Å². The highest BCUT2D eigenvalue weighted by molar-refractivity contribution is 8.01. The summed E-state index contributed by atoms with van der Waals surface area (Å²) in [7, 11) is 0. The zero-order valence-corrected chi connectivity index (χ0v) is 25.3. The van der Waals surface area contributed by atoms with Gasteiger partial charge in [0.05, 0.1) is 5.69 Å². The van der Waals surface area contributed by atoms with Gasteiger partial charge in [0.1, 0.15) is 28.9 Å². The van der Waals surface area contributed by atoms with Crippen LogP contribution in [0, 0.1) is 0 Å². The van der Waals surface area contributed by atoms with E-state index in [1.165, 1.54) is 51.9 Å². The number of nitrogen functional groups attached to an aromatic ring is 1. The fourth-order valence-corrected chi connectivity index (χ4v) is 7.92. The second-order valence-corrected chi connectivity index (χ2v) is 13.3. The summed E-state index contributed by atoms with van der Waals surface area (Å²) in [5, 5.41) is 38.9. The topological polar surface area (TPSA) is 201 Å². The predicted octanol–water partition coefficient (Wildman–Crippen LogP) is 2.92. The molecule has 0 radical (unpaired) electrons. The Hall–Kier alpha value is -3.80. The molecule has 0 aliphatic carbocycles. The lowest BCUT2D eigenvalue weighted by Crippen LogP contribution is -2.71. The maximum Gasteiger partial charge on any atom is 0.352 e. The number of thioether (sulfide) groups is 2. The van der Waals surface area contributed by atoms with Crippen LogP contribution >= 0.6 is 46.2 Å². The van der Waals surface area contributed by atoms with Gasteiger partial charge in [-0.15, -0.1) is 34.4 Å². The standard InChI is InChI=1S/C25H24N6O7S4/c1-10(2)38-30-17(14-9-40-24(26)27-14)20(34)29-18-21(35)31-19(23(36)37)12(6-39-22(18)31)7-41-25-28-13(8-42-25)11-3-4-15(32)16(33)5-11/h3-5,8-10,18,22,32-33H,6-7H2,1-2H3,(H2,26,27)(H,29,34)(H,36,37)/t18-,22-/m1/s1. The number of aromatic nitrogens is 2. The fourth-order valence-electron chi connectivity index (χ4n) is 4.05. The number of hydrogen-bond acceptors (Lipinski definition) is 14. The van der Waals surface area contributed by atoms with E-state index < -0.39 is 29.2 Å². The number of aliphatic carboxylic acids is 1. The summed E-state index contributed by atoms with van der Waals surface area (Å²) >= 11 is 5.16. The highest BCUT2D eigenvalue weighted by Crippen LogP contribution is 2.42. The van der Waals surface area contributed by atoms with Crippen molar-refractivity contribution in [3.8, 4) is 22.8 Å². The Balaban J connectivity index is 1.28. The number of nitrogens with zero attached hydrogens (tertiary/aromatic N) is 4. The summed E-state index contributed by atoms with van der Waals surface area (Å²) in [5.74, 6) is -2.35. The number of nitrogens with two attached hydrogens (primary N) is 1. The molecule has 1 saturated heterocycles. The Morgan fingerprint density at radius 3 is 2.69 bits per heavy atom. The van der Waals surface area contributed by atoms with Gasteiger partial charge in [0.25, 0.3) is 11.8 Å². The molecule has 6 N–H and O–H groups in total. The van der Waals surface area contributed by atoms with E-state index in [1.807, 2.05) is 0 Å². The van der Waals surface area contributed by atoms with E-state index >= 15 is 0 Å². The van der Waals surface area contributed by atoms with E-state index in [9.17, 15) is 29.7 Å². The minimum absolute atomic E-state index is 0.105. The molecule has 17 heteroatoms. The number of thiazole rings is 2. The molecular formula is C25H24N6O7S4. The van der Waals surface area contributed by atoms with Crippen LogP contribution in [0.1, 0.15) is 19.5 Å². The Morgan fingerprint density at radius 2 is 2.02 bits per heavy atom. The number of benzene rings is 1. The van der Waals surface area contributed by atoms with Gasteiger partial charge in [0, 0.05) is 27.8 Å². The highest BCUT2D eigenvalue weighted by Gasteiger charge is 2.54.